The molecule has 0 amide bonds. The lowest BCUT2D eigenvalue weighted by molar-refractivity contribution is 0.207. The van der Waals surface area contributed by atoms with E-state index < -0.39 is 0 Å². The van der Waals surface area contributed by atoms with Crippen LogP contribution in [0.4, 0.5) is 0 Å². The number of nitrogens with zero attached hydrogens (tertiary/aromatic N) is 1. The van der Waals surface area contributed by atoms with E-state index in [1.807, 2.05) is 19.3 Å². The van der Waals surface area contributed by atoms with Gasteiger partial charge in [0.25, 0.3) is 0 Å². The highest BCUT2D eigenvalue weighted by Crippen LogP contribution is 2.44. The van der Waals surface area contributed by atoms with Gasteiger partial charge in [-0.2, -0.15) is 0 Å². The third-order valence-corrected chi connectivity index (χ3v) is 3.05. The van der Waals surface area contributed by atoms with Crippen LogP contribution >= 0.6 is 0 Å². The number of hydrogen-bond acceptors (Lipinski definition) is 3. The fourth-order valence-corrected chi connectivity index (χ4v) is 1.75. The van der Waals surface area contributed by atoms with Crippen molar-refractivity contribution < 1.29 is 5.11 Å². The van der Waals surface area contributed by atoms with Crippen LogP contribution < -0.4 is 5.32 Å². The van der Waals surface area contributed by atoms with E-state index in [0.717, 1.165) is 25.9 Å². The molecule has 0 spiro atoms. The third-order valence-electron chi connectivity index (χ3n) is 3.05. The van der Waals surface area contributed by atoms with Crippen molar-refractivity contribution >= 4 is 0 Å². The summed E-state index contributed by atoms with van der Waals surface area (Å²) < 4.78 is 0. The summed E-state index contributed by atoms with van der Waals surface area (Å²) in [5, 5.41) is 12.5. The molecule has 3 heteroatoms. The third kappa shape index (κ3) is 2.76. The molecular formula is C12H18N2O. The van der Waals surface area contributed by atoms with Crippen LogP contribution in [-0.4, -0.2) is 23.2 Å². The average Bonchev–Trinajstić information content (AvgIpc) is 2.99. The number of rotatable bonds is 5. The zero-order chi connectivity index (χ0) is 10.7. The van der Waals surface area contributed by atoms with Crippen LogP contribution in [0.5, 0.6) is 0 Å². The Balaban J connectivity index is 1.78. The van der Waals surface area contributed by atoms with Gasteiger partial charge in [-0.1, -0.05) is 6.07 Å². The molecule has 3 nitrogen and oxygen atoms in total. The lowest BCUT2D eigenvalue weighted by Gasteiger charge is -2.12. The van der Waals surface area contributed by atoms with Crippen LogP contribution in [0.2, 0.25) is 0 Å². The summed E-state index contributed by atoms with van der Waals surface area (Å²) in [4.78, 5) is 4.15. The molecule has 0 atom stereocenters. The van der Waals surface area contributed by atoms with E-state index in [4.69, 9.17) is 5.11 Å². The molecule has 0 unspecified atom stereocenters. The predicted octanol–water partition coefficient (Wildman–Crippen LogP) is 1.25. The van der Waals surface area contributed by atoms with Crippen molar-refractivity contribution in [1.29, 1.82) is 0 Å². The van der Waals surface area contributed by atoms with Gasteiger partial charge in [0, 0.05) is 37.5 Å². The number of aromatic nitrogens is 1. The molecule has 82 valence electrons. The number of aliphatic hydroxyl groups excluding tert-OH is 1. The van der Waals surface area contributed by atoms with E-state index in [1.165, 1.54) is 11.1 Å². The molecule has 0 saturated heterocycles. The highest BCUT2D eigenvalue weighted by Gasteiger charge is 2.41. The van der Waals surface area contributed by atoms with Gasteiger partial charge in [-0.05, 0) is 30.9 Å². The van der Waals surface area contributed by atoms with E-state index >= 15 is 0 Å². The average molecular weight is 206 g/mol. The maximum absolute atomic E-state index is 9.15. The molecule has 0 aromatic carbocycles. The minimum Gasteiger partial charge on any atom is -0.396 e. The molecule has 1 aromatic heterocycles. The summed E-state index contributed by atoms with van der Waals surface area (Å²) in [7, 11) is 0. The van der Waals surface area contributed by atoms with Crippen molar-refractivity contribution in [2.24, 2.45) is 5.41 Å². The molecular weight excluding hydrogens is 188 g/mol. The normalized spacial score (nSPS) is 17.7. The molecule has 0 bridgehead atoms. The monoisotopic (exact) mass is 206 g/mol. The molecule has 1 fully saturated rings. The zero-order valence-corrected chi connectivity index (χ0v) is 9.16. The first-order valence-corrected chi connectivity index (χ1v) is 5.46. The second-order valence-electron chi connectivity index (χ2n) is 4.63. The smallest absolute Gasteiger partial charge is 0.0499 e. The highest BCUT2D eigenvalue weighted by molar-refractivity contribution is 5.16. The molecule has 1 aliphatic rings. The molecule has 1 aromatic rings. The van der Waals surface area contributed by atoms with Gasteiger partial charge in [-0.25, -0.2) is 0 Å². The van der Waals surface area contributed by atoms with Gasteiger partial charge in [0.05, 0.1) is 0 Å². The summed E-state index contributed by atoms with van der Waals surface area (Å²) in [5.74, 6) is 0. The summed E-state index contributed by atoms with van der Waals surface area (Å²) in [5.41, 5.74) is 2.60. The predicted molar refractivity (Wildman–Crippen MR) is 59.4 cm³/mol. The van der Waals surface area contributed by atoms with Crippen LogP contribution in [-0.2, 0) is 6.54 Å². The fourth-order valence-electron chi connectivity index (χ4n) is 1.75. The lowest BCUT2D eigenvalue weighted by atomic mass is 10.1. The van der Waals surface area contributed by atoms with Gasteiger partial charge in [0.1, 0.15) is 0 Å². The first-order valence-electron chi connectivity index (χ1n) is 5.46. The molecule has 1 saturated carbocycles. The Kier molecular flexibility index (Phi) is 3.03. The molecule has 0 aliphatic heterocycles. The van der Waals surface area contributed by atoms with E-state index in [9.17, 15) is 0 Å². The number of aryl methyl sites for hydroxylation is 1. The molecule has 1 aliphatic carbocycles. The van der Waals surface area contributed by atoms with Crippen molar-refractivity contribution in [3.63, 3.8) is 0 Å². The van der Waals surface area contributed by atoms with Crippen molar-refractivity contribution in [2.75, 3.05) is 13.2 Å². The Hall–Kier alpha value is -0.930. The second-order valence-corrected chi connectivity index (χ2v) is 4.63. The van der Waals surface area contributed by atoms with Crippen LogP contribution in [0.15, 0.2) is 18.5 Å². The maximum atomic E-state index is 9.15. The Morgan fingerprint density at radius 2 is 2.27 bits per heavy atom. The van der Waals surface area contributed by atoms with E-state index in [-0.39, 0.29) is 5.41 Å². The molecule has 0 radical (unpaired) electrons. The van der Waals surface area contributed by atoms with Crippen molar-refractivity contribution in [2.45, 2.75) is 26.3 Å². The summed E-state index contributed by atoms with van der Waals surface area (Å²) >= 11 is 0. The first kappa shape index (κ1) is 10.6. The summed E-state index contributed by atoms with van der Waals surface area (Å²) in [6, 6.07) is 2.14. The number of nitrogens with one attached hydrogen (secondary N) is 1. The van der Waals surface area contributed by atoms with E-state index in [2.05, 4.69) is 16.4 Å². The summed E-state index contributed by atoms with van der Waals surface area (Å²) in [6.45, 7) is 4.12. The number of hydrogen-bond donors (Lipinski definition) is 2. The van der Waals surface area contributed by atoms with E-state index in [0.29, 0.717) is 6.61 Å². The largest absolute Gasteiger partial charge is 0.396 e. The van der Waals surface area contributed by atoms with E-state index in [1.54, 1.807) is 0 Å². The molecule has 1 heterocycles. The quantitative estimate of drug-likeness (QED) is 0.762. The Morgan fingerprint density at radius 1 is 1.47 bits per heavy atom. The topological polar surface area (TPSA) is 45.2 Å². The Labute approximate surface area is 90.5 Å². The van der Waals surface area contributed by atoms with Gasteiger partial charge in [0.2, 0.25) is 0 Å². The van der Waals surface area contributed by atoms with Gasteiger partial charge in [0.15, 0.2) is 0 Å². The van der Waals surface area contributed by atoms with Crippen LogP contribution in [0.1, 0.15) is 24.0 Å². The van der Waals surface area contributed by atoms with Gasteiger partial charge < -0.3 is 10.4 Å². The molecule has 15 heavy (non-hydrogen) atoms. The SMILES string of the molecule is Cc1cncc(CNCC2(CO)CC2)c1. The van der Waals surface area contributed by atoms with Crippen molar-refractivity contribution in [1.82, 2.24) is 10.3 Å². The Morgan fingerprint density at radius 3 is 2.87 bits per heavy atom. The fraction of sp³-hybridized carbons (Fsp3) is 0.583. The number of pyridine rings is 1. The Bertz CT molecular complexity index is 334. The highest BCUT2D eigenvalue weighted by atomic mass is 16.3. The zero-order valence-electron chi connectivity index (χ0n) is 9.16. The van der Waals surface area contributed by atoms with Crippen LogP contribution in [0, 0.1) is 12.3 Å². The molecule has 2 N–H and O–H groups in total. The minimum atomic E-state index is 0.192. The maximum Gasteiger partial charge on any atom is 0.0499 e. The van der Waals surface area contributed by atoms with Crippen molar-refractivity contribution in [3.05, 3.63) is 29.6 Å². The van der Waals surface area contributed by atoms with Gasteiger partial charge >= 0.3 is 0 Å². The van der Waals surface area contributed by atoms with Crippen LogP contribution in [0.3, 0.4) is 0 Å². The summed E-state index contributed by atoms with van der Waals surface area (Å²) in [6.07, 6.45) is 6.06. The molecule has 2 rings (SSSR count). The van der Waals surface area contributed by atoms with Crippen molar-refractivity contribution in [3.8, 4) is 0 Å². The lowest BCUT2D eigenvalue weighted by Crippen LogP contribution is -2.26. The number of aliphatic hydroxyl groups is 1. The van der Waals surface area contributed by atoms with Crippen LogP contribution in [0.25, 0.3) is 0 Å². The van der Waals surface area contributed by atoms with Gasteiger partial charge in [-0.15, -0.1) is 0 Å². The first-order chi connectivity index (χ1) is 7.24. The minimum absolute atomic E-state index is 0.192. The second kappa shape index (κ2) is 4.29. The standard InChI is InChI=1S/C12H18N2O/c1-10-4-11(6-13-5-10)7-14-8-12(9-15)2-3-12/h4-6,14-15H,2-3,7-9H2,1H3. The van der Waals surface area contributed by atoms with Gasteiger partial charge in [-0.3, -0.25) is 4.98 Å².